The van der Waals surface area contributed by atoms with Gasteiger partial charge in [0, 0.05) is 0 Å². The van der Waals surface area contributed by atoms with Crippen LogP contribution >= 0.6 is 0 Å². The van der Waals surface area contributed by atoms with Gasteiger partial charge in [-0.3, -0.25) is 0 Å². The summed E-state index contributed by atoms with van der Waals surface area (Å²) < 4.78 is 0. The maximum Gasteiger partial charge on any atom is -0.00147 e. The number of hydrogen-bond donors (Lipinski definition) is 1. The smallest absolute Gasteiger partial charge is 0.00147 e. The van der Waals surface area contributed by atoms with E-state index in [1.807, 2.05) is 0 Å². The molecule has 1 saturated carbocycles. The molecule has 1 heteroatoms. The van der Waals surface area contributed by atoms with Crippen molar-refractivity contribution >= 4 is 10.8 Å². The molecule has 106 valence electrons. The van der Waals surface area contributed by atoms with Gasteiger partial charge < -0.3 is 5.32 Å². The van der Waals surface area contributed by atoms with Crippen LogP contribution in [0.5, 0.6) is 0 Å². The summed E-state index contributed by atoms with van der Waals surface area (Å²) in [5.41, 5.74) is 1.55. The summed E-state index contributed by atoms with van der Waals surface area (Å²) in [6.45, 7) is 4.58. The highest BCUT2D eigenvalue weighted by molar-refractivity contribution is 5.83. The van der Waals surface area contributed by atoms with Gasteiger partial charge in [-0.1, -0.05) is 55.8 Å². The molecule has 1 N–H and O–H groups in total. The zero-order valence-corrected chi connectivity index (χ0v) is 12.4. The topological polar surface area (TPSA) is 12.0 Å². The lowest BCUT2D eigenvalue weighted by Crippen LogP contribution is -2.25. The van der Waals surface area contributed by atoms with Crippen molar-refractivity contribution in [3.8, 4) is 0 Å². The number of hydrogen-bond acceptors (Lipinski definition) is 1. The first-order valence-corrected chi connectivity index (χ1v) is 8.08. The van der Waals surface area contributed by atoms with Crippen LogP contribution in [0.1, 0.15) is 44.1 Å². The van der Waals surface area contributed by atoms with Gasteiger partial charge in [0.25, 0.3) is 0 Å². The molecule has 0 aromatic heterocycles. The predicted molar refractivity (Wildman–Crippen MR) is 87.2 cm³/mol. The van der Waals surface area contributed by atoms with Crippen LogP contribution < -0.4 is 5.32 Å². The molecule has 2 aromatic carbocycles. The lowest BCUT2D eigenvalue weighted by Gasteiger charge is -2.21. The highest BCUT2D eigenvalue weighted by atomic mass is 14.9. The first kappa shape index (κ1) is 13.6. The molecular weight excluding hydrogens is 242 g/mol. The monoisotopic (exact) mass is 267 g/mol. The quantitative estimate of drug-likeness (QED) is 0.773. The normalized spacial score (nSPS) is 22.4. The van der Waals surface area contributed by atoms with Gasteiger partial charge in [0.1, 0.15) is 0 Å². The summed E-state index contributed by atoms with van der Waals surface area (Å²) >= 11 is 0. The summed E-state index contributed by atoms with van der Waals surface area (Å²) in [5.74, 6) is 1.58. The van der Waals surface area contributed by atoms with Crippen molar-refractivity contribution in [2.45, 2.75) is 38.5 Å². The second-order valence-electron chi connectivity index (χ2n) is 6.11. The highest BCUT2D eigenvalue weighted by Crippen LogP contribution is 2.40. The summed E-state index contributed by atoms with van der Waals surface area (Å²) in [6, 6.07) is 15.8. The first-order chi connectivity index (χ1) is 9.88. The van der Waals surface area contributed by atoms with Crippen molar-refractivity contribution in [3.63, 3.8) is 0 Å². The average Bonchev–Trinajstić information content (AvgIpc) is 2.95. The summed E-state index contributed by atoms with van der Waals surface area (Å²) in [7, 11) is 0. The molecule has 20 heavy (non-hydrogen) atoms. The van der Waals surface area contributed by atoms with E-state index in [2.05, 4.69) is 54.7 Å². The van der Waals surface area contributed by atoms with Gasteiger partial charge in [-0.2, -0.15) is 0 Å². The largest absolute Gasteiger partial charge is 0.316 e. The van der Waals surface area contributed by atoms with Crippen LogP contribution in [0.4, 0.5) is 0 Å². The van der Waals surface area contributed by atoms with E-state index in [-0.39, 0.29) is 0 Å². The first-order valence-electron chi connectivity index (χ1n) is 8.08. The number of nitrogens with one attached hydrogen (secondary N) is 1. The molecule has 1 aliphatic rings. The molecule has 2 unspecified atom stereocenters. The van der Waals surface area contributed by atoms with Crippen molar-refractivity contribution in [2.24, 2.45) is 5.92 Å². The third-order valence-corrected chi connectivity index (χ3v) is 4.69. The van der Waals surface area contributed by atoms with Crippen LogP contribution in [-0.4, -0.2) is 13.1 Å². The third-order valence-electron chi connectivity index (χ3n) is 4.69. The Balaban J connectivity index is 1.78. The Kier molecular flexibility index (Phi) is 4.37. The van der Waals surface area contributed by atoms with Crippen molar-refractivity contribution in [1.29, 1.82) is 0 Å². The Bertz CT molecular complexity index is 560. The van der Waals surface area contributed by atoms with Crippen LogP contribution in [0.25, 0.3) is 10.8 Å². The molecule has 0 radical (unpaired) electrons. The number of benzene rings is 2. The highest BCUT2D eigenvalue weighted by Gasteiger charge is 2.28. The van der Waals surface area contributed by atoms with E-state index in [9.17, 15) is 0 Å². The van der Waals surface area contributed by atoms with E-state index in [0.29, 0.717) is 0 Å². The Morgan fingerprint density at radius 2 is 1.90 bits per heavy atom. The Morgan fingerprint density at radius 1 is 1.05 bits per heavy atom. The van der Waals surface area contributed by atoms with Gasteiger partial charge >= 0.3 is 0 Å². The summed E-state index contributed by atoms with van der Waals surface area (Å²) in [4.78, 5) is 0. The van der Waals surface area contributed by atoms with Crippen molar-refractivity contribution in [3.05, 3.63) is 48.0 Å². The molecule has 2 atom stereocenters. The van der Waals surface area contributed by atoms with Crippen molar-refractivity contribution < 1.29 is 0 Å². The van der Waals surface area contributed by atoms with Crippen molar-refractivity contribution in [1.82, 2.24) is 5.32 Å². The lowest BCUT2D eigenvalue weighted by atomic mass is 9.87. The van der Waals surface area contributed by atoms with Gasteiger partial charge in [-0.25, -0.2) is 0 Å². The number of rotatable bonds is 5. The van der Waals surface area contributed by atoms with E-state index in [1.165, 1.54) is 43.0 Å². The molecule has 0 heterocycles. The molecule has 1 aliphatic carbocycles. The molecule has 0 aliphatic heterocycles. The Morgan fingerprint density at radius 3 is 2.75 bits per heavy atom. The maximum atomic E-state index is 3.61. The number of fused-ring (bicyclic) bond motifs is 1. The van der Waals surface area contributed by atoms with Crippen LogP contribution in [-0.2, 0) is 0 Å². The third kappa shape index (κ3) is 2.88. The van der Waals surface area contributed by atoms with Crippen molar-refractivity contribution in [2.75, 3.05) is 13.1 Å². The fourth-order valence-corrected chi connectivity index (χ4v) is 3.62. The summed E-state index contributed by atoms with van der Waals surface area (Å²) in [5, 5.41) is 6.36. The fraction of sp³-hybridized carbons (Fsp3) is 0.474. The molecule has 0 spiro atoms. The minimum absolute atomic E-state index is 0.754. The van der Waals surface area contributed by atoms with Gasteiger partial charge in [0.15, 0.2) is 0 Å². The molecule has 0 bridgehead atoms. The second kappa shape index (κ2) is 6.41. The molecule has 1 fully saturated rings. The van der Waals surface area contributed by atoms with Crippen LogP contribution in [0.2, 0.25) is 0 Å². The van der Waals surface area contributed by atoms with E-state index in [1.54, 1.807) is 5.56 Å². The summed E-state index contributed by atoms with van der Waals surface area (Å²) in [6.07, 6.45) is 5.36. The van der Waals surface area contributed by atoms with E-state index in [4.69, 9.17) is 0 Å². The van der Waals surface area contributed by atoms with Gasteiger partial charge in [-0.05, 0) is 60.5 Å². The van der Waals surface area contributed by atoms with E-state index >= 15 is 0 Å². The predicted octanol–water partition coefficient (Wildman–Crippen LogP) is 4.72. The minimum atomic E-state index is 0.754. The Labute approximate surface area is 122 Å². The SMILES string of the molecule is CCCNCC1CCCC1c1ccc2ccccc2c1. The van der Waals surface area contributed by atoms with Crippen LogP contribution in [0.15, 0.2) is 42.5 Å². The second-order valence-corrected chi connectivity index (χ2v) is 6.11. The van der Waals surface area contributed by atoms with E-state index < -0.39 is 0 Å². The molecule has 0 saturated heterocycles. The molecule has 1 nitrogen and oxygen atoms in total. The molecule has 0 amide bonds. The van der Waals surface area contributed by atoms with Gasteiger partial charge in [-0.15, -0.1) is 0 Å². The minimum Gasteiger partial charge on any atom is -0.316 e. The zero-order valence-electron chi connectivity index (χ0n) is 12.4. The van der Waals surface area contributed by atoms with Gasteiger partial charge in [0.2, 0.25) is 0 Å². The lowest BCUT2D eigenvalue weighted by molar-refractivity contribution is 0.445. The van der Waals surface area contributed by atoms with Crippen LogP contribution in [0, 0.1) is 5.92 Å². The average molecular weight is 267 g/mol. The molecular formula is C19H25N. The zero-order chi connectivity index (χ0) is 13.8. The Hall–Kier alpha value is -1.34. The standard InChI is InChI=1S/C19H25N/c1-2-12-20-14-18-8-5-9-19(18)17-11-10-15-6-3-4-7-16(15)13-17/h3-4,6-7,10-11,13,18-20H,2,5,8-9,12,14H2,1H3. The van der Waals surface area contributed by atoms with Gasteiger partial charge in [0.05, 0.1) is 0 Å². The fourth-order valence-electron chi connectivity index (χ4n) is 3.62. The maximum absolute atomic E-state index is 3.61. The molecule has 2 aromatic rings. The van der Waals surface area contributed by atoms with Crippen LogP contribution in [0.3, 0.4) is 0 Å². The molecule has 3 rings (SSSR count). The van der Waals surface area contributed by atoms with E-state index in [0.717, 1.165) is 18.4 Å².